The Morgan fingerprint density at radius 3 is 2.31 bits per heavy atom. The van der Waals surface area contributed by atoms with Crippen LogP contribution in [0.1, 0.15) is 44.9 Å². The fourth-order valence-corrected chi connectivity index (χ4v) is 3.54. The summed E-state index contributed by atoms with van der Waals surface area (Å²) in [7, 11) is 0. The fraction of sp³-hybridized carbons (Fsp3) is 0.737. The summed E-state index contributed by atoms with van der Waals surface area (Å²) in [5.74, 6) is -2.67. The number of unbranched alkanes of at least 4 members (excludes halogenated alkanes) is 1. The molecule has 0 radical (unpaired) electrons. The molecule has 0 aromatic rings. The molecule has 1 rings (SSSR count). The number of aliphatic imine (C=N–C) groups is 1. The summed E-state index contributed by atoms with van der Waals surface area (Å²) in [5.41, 5.74) is 21.4. The first-order valence-corrected chi connectivity index (χ1v) is 10.8. The molecule has 1 aliphatic heterocycles. The van der Waals surface area contributed by atoms with Crippen molar-refractivity contribution in [3.8, 4) is 0 Å². The molecule has 3 atom stereocenters. The van der Waals surface area contributed by atoms with Gasteiger partial charge >= 0.3 is 5.97 Å². The van der Waals surface area contributed by atoms with Crippen molar-refractivity contribution in [2.75, 3.05) is 26.2 Å². The first-order valence-electron chi connectivity index (χ1n) is 10.8. The van der Waals surface area contributed by atoms with E-state index in [1.165, 1.54) is 4.90 Å². The average molecular weight is 457 g/mol. The highest BCUT2D eigenvalue weighted by atomic mass is 16.4. The lowest BCUT2D eigenvalue weighted by molar-refractivity contribution is -0.145. The van der Waals surface area contributed by atoms with Crippen LogP contribution in [-0.4, -0.2) is 84.0 Å². The second-order valence-electron chi connectivity index (χ2n) is 7.65. The van der Waals surface area contributed by atoms with Crippen LogP contribution >= 0.6 is 0 Å². The van der Waals surface area contributed by atoms with Crippen molar-refractivity contribution >= 4 is 29.7 Å². The number of nitrogens with zero attached hydrogens (tertiary/aromatic N) is 2. The van der Waals surface area contributed by atoms with E-state index < -0.39 is 41.8 Å². The predicted molar refractivity (Wildman–Crippen MR) is 118 cm³/mol. The lowest BCUT2D eigenvalue weighted by atomic mass is 10.1. The summed E-state index contributed by atoms with van der Waals surface area (Å²) in [6.07, 6.45) is 3.12. The number of rotatable bonds is 14. The van der Waals surface area contributed by atoms with E-state index in [9.17, 15) is 24.3 Å². The van der Waals surface area contributed by atoms with Crippen molar-refractivity contribution in [2.24, 2.45) is 27.9 Å². The predicted octanol–water partition coefficient (Wildman–Crippen LogP) is -2.83. The maximum absolute atomic E-state index is 13.1. The largest absolute Gasteiger partial charge is 0.480 e. The average Bonchev–Trinajstić information content (AvgIpc) is 3.24. The number of carbonyl (C=O) groups excluding carboxylic acids is 3. The minimum atomic E-state index is -1.14. The lowest BCUT2D eigenvalue weighted by Crippen LogP contribution is -2.55. The highest BCUT2D eigenvalue weighted by Gasteiger charge is 2.38. The summed E-state index contributed by atoms with van der Waals surface area (Å²) in [6, 6.07) is -2.76. The van der Waals surface area contributed by atoms with Gasteiger partial charge in [0.05, 0.1) is 6.54 Å². The van der Waals surface area contributed by atoms with Crippen LogP contribution < -0.4 is 33.6 Å². The Hall–Kier alpha value is -2.93. The zero-order valence-electron chi connectivity index (χ0n) is 18.3. The van der Waals surface area contributed by atoms with Crippen LogP contribution in [0.15, 0.2) is 4.99 Å². The molecule has 0 aromatic heterocycles. The van der Waals surface area contributed by atoms with Crippen LogP contribution in [0, 0.1) is 0 Å². The first kappa shape index (κ1) is 27.1. The number of hydrogen-bond acceptors (Lipinski definition) is 7. The number of carbonyl (C=O) groups is 4. The van der Waals surface area contributed by atoms with Gasteiger partial charge in [-0.3, -0.25) is 19.4 Å². The molecule has 1 aliphatic rings. The normalized spacial score (nSPS) is 17.3. The minimum Gasteiger partial charge on any atom is -0.480 e. The van der Waals surface area contributed by atoms with Crippen LogP contribution in [0.5, 0.6) is 0 Å². The maximum atomic E-state index is 13.1. The van der Waals surface area contributed by atoms with Gasteiger partial charge in [0.2, 0.25) is 17.7 Å². The molecule has 3 amide bonds. The first-order chi connectivity index (χ1) is 15.2. The van der Waals surface area contributed by atoms with Crippen molar-refractivity contribution in [2.45, 2.75) is 63.1 Å². The van der Waals surface area contributed by atoms with Crippen molar-refractivity contribution in [3.05, 3.63) is 0 Å². The number of amides is 3. The zero-order valence-corrected chi connectivity index (χ0v) is 18.3. The third kappa shape index (κ3) is 9.06. The second-order valence-corrected chi connectivity index (χ2v) is 7.65. The highest BCUT2D eigenvalue weighted by Crippen LogP contribution is 2.20. The van der Waals surface area contributed by atoms with Gasteiger partial charge in [0, 0.05) is 13.1 Å². The SMILES string of the molecule is NCCCCC(NC(=O)C1CCCN1C(=O)C(CCCN=C(N)N)NC(=O)CN)C(=O)O. The molecule has 0 bridgehead atoms. The van der Waals surface area contributed by atoms with Gasteiger partial charge in [-0.15, -0.1) is 0 Å². The number of likely N-dealkylation sites (tertiary alicyclic amines) is 1. The van der Waals surface area contributed by atoms with E-state index in [-0.39, 0.29) is 31.9 Å². The maximum Gasteiger partial charge on any atom is 0.326 e. The fourth-order valence-electron chi connectivity index (χ4n) is 3.54. The molecule has 0 saturated carbocycles. The Bertz CT molecular complexity index is 683. The van der Waals surface area contributed by atoms with Gasteiger partial charge in [0.15, 0.2) is 5.96 Å². The molecular formula is C19H36N8O5. The number of aliphatic carboxylic acids is 1. The van der Waals surface area contributed by atoms with E-state index in [1.807, 2.05) is 0 Å². The smallest absolute Gasteiger partial charge is 0.326 e. The van der Waals surface area contributed by atoms with E-state index in [2.05, 4.69) is 15.6 Å². The van der Waals surface area contributed by atoms with Crippen molar-refractivity contribution in [1.29, 1.82) is 0 Å². The van der Waals surface area contributed by atoms with Crippen LogP contribution in [-0.2, 0) is 19.2 Å². The summed E-state index contributed by atoms with van der Waals surface area (Å²) >= 11 is 0. The van der Waals surface area contributed by atoms with Crippen molar-refractivity contribution < 1.29 is 24.3 Å². The van der Waals surface area contributed by atoms with Crippen molar-refractivity contribution in [1.82, 2.24) is 15.5 Å². The number of carboxylic acids is 1. The monoisotopic (exact) mass is 456 g/mol. The third-order valence-corrected chi connectivity index (χ3v) is 5.16. The Labute approximate surface area is 187 Å². The molecule has 1 saturated heterocycles. The number of carboxylic acid groups (broad SMARTS) is 1. The van der Waals surface area contributed by atoms with Crippen molar-refractivity contribution in [3.63, 3.8) is 0 Å². The molecule has 182 valence electrons. The molecular weight excluding hydrogens is 420 g/mol. The number of nitrogens with one attached hydrogen (secondary N) is 2. The zero-order chi connectivity index (χ0) is 24.1. The summed E-state index contributed by atoms with van der Waals surface area (Å²) in [6.45, 7) is 0.747. The number of guanidine groups is 1. The standard InChI is InChI=1S/C19H36N8O5/c20-8-2-1-5-13(18(31)32)26-16(29)14-7-4-10-27(14)17(30)12(25-15(28)11-21)6-3-9-24-19(22)23/h12-14H,1-11,20-21H2,(H,25,28)(H,26,29)(H,31,32)(H4,22,23,24). The molecule has 0 spiro atoms. The minimum absolute atomic E-state index is 0.0744. The number of nitrogens with two attached hydrogens (primary N) is 4. The van der Waals surface area contributed by atoms with E-state index in [1.54, 1.807) is 0 Å². The Balaban J connectivity index is 2.84. The van der Waals surface area contributed by atoms with Gasteiger partial charge in [-0.25, -0.2) is 4.79 Å². The molecule has 3 unspecified atom stereocenters. The van der Waals surface area contributed by atoms with Gasteiger partial charge in [-0.05, 0) is 51.5 Å². The molecule has 1 fully saturated rings. The van der Waals surface area contributed by atoms with Crippen LogP contribution in [0.3, 0.4) is 0 Å². The van der Waals surface area contributed by atoms with E-state index >= 15 is 0 Å². The van der Waals surface area contributed by atoms with Gasteiger partial charge in [0.1, 0.15) is 18.1 Å². The van der Waals surface area contributed by atoms with Gasteiger partial charge in [-0.1, -0.05) is 0 Å². The van der Waals surface area contributed by atoms with E-state index in [0.717, 1.165) is 0 Å². The lowest BCUT2D eigenvalue weighted by Gasteiger charge is -2.29. The van der Waals surface area contributed by atoms with Crippen LogP contribution in [0.2, 0.25) is 0 Å². The molecule has 13 nitrogen and oxygen atoms in total. The van der Waals surface area contributed by atoms with Crippen LogP contribution in [0.25, 0.3) is 0 Å². The molecule has 0 aliphatic carbocycles. The van der Waals surface area contributed by atoms with E-state index in [0.29, 0.717) is 45.2 Å². The highest BCUT2D eigenvalue weighted by molar-refractivity contribution is 5.94. The topological polar surface area (TPSA) is 232 Å². The summed E-state index contributed by atoms with van der Waals surface area (Å²) in [5, 5.41) is 14.5. The molecule has 0 aromatic carbocycles. The quantitative estimate of drug-likeness (QED) is 0.0809. The molecule has 13 heteroatoms. The third-order valence-electron chi connectivity index (χ3n) is 5.16. The second kappa shape index (κ2) is 14.2. The van der Waals surface area contributed by atoms with Crippen LogP contribution in [0.4, 0.5) is 0 Å². The Morgan fingerprint density at radius 2 is 1.72 bits per heavy atom. The number of hydrogen-bond donors (Lipinski definition) is 7. The van der Waals surface area contributed by atoms with E-state index in [4.69, 9.17) is 22.9 Å². The molecule has 32 heavy (non-hydrogen) atoms. The Morgan fingerprint density at radius 1 is 1.03 bits per heavy atom. The van der Waals surface area contributed by atoms with Gasteiger partial charge in [-0.2, -0.15) is 0 Å². The molecule has 1 heterocycles. The van der Waals surface area contributed by atoms with Gasteiger partial charge < -0.3 is 43.6 Å². The summed E-state index contributed by atoms with van der Waals surface area (Å²) < 4.78 is 0. The summed E-state index contributed by atoms with van der Waals surface area (Å²) in [4.78, 5) is 54.5. The van der Waals surface area contributed by atoms with Gasteiger partial charge in [0.25, 0.3) is 0 Å². The molecule has 11 N–H and O–H groups in total. The Kier molecular flexibility index (Phi) is 12.0.